The van der Waals surface area contributed by atoms with Crippen LogP contribution < -0.4 is 0 Å². The summed E-state index contributed by atoms with van der Waals surface area (Å²) in [6.45, 7) is 4.67. The van der Waals surface area contributed by atoms with Gasteiger partial charge in [0.15, 0.2) is 11.6 Å². The number of rotatable bonds is 8. The molecule has 0 N–H and O–H groups in total. The normalized spacial score (nSPS) is 12.6. The van der Waals surface area contributed by atoms with E-state index in [1.165, 1.54) is 139 Å². The molecule has 0 amide bonds. The lowest BCUT2D eigenvalue weighted by molar-refractivity contribution is 0.660. The van der Waals surface area contributed by atoms with Gasteiger partial charge in [-0.15, -0.1) is 22.7 Å². The van der Waals surface area contributed by atoms with Crippen molar-refractivity contribution in [1.29, 1.82) is 0 Å². The van der Waals surface area contributed by atoms with Crippen molar-refractivity contribution in [2.45, 2.75) is 19.3 Å². The summed E-state index contributed by atoms with van der Waals surface area (Å²) in [6.07, 6.45) is 0. The van der Waals surface area contributed by atoms with Gasteiger partial charge in [-0.2, -0.15) is 0 Å². The second-order valence-electron chi connectivity index (χ2n) is 30.2. The average Bonchev–Trinajstić information content (AvgIpc) is 1.55. The predicted octanol–water partition coefficient (Wildman–Crippen LogP) is 28.8. The molecule has 0 bridgehead atoms. The maximum Gasteiger partial charge on any atom is 0.160 e. The van der Waals surface area contributed by atoms with Gasteiger partial charge in [0.25, 0.3) is 0 Å². The second kappa shape index (κ2) is 25.5. The molecule has 17 aromatic carbocycles. The van der Waals surface area contributed by atoms with Gasteiger partial charge < -0.3 is 9.13 Å². The van der Waals surface area contributed by atoms with E-state index >= 15 is 0 Å². The van der Waals surface area contributed by atoms with Crippen molar-refractivity contribution >= 4 is 150 Å². The van der Waals surface area contributed by atoms with Crippen molar-refractivity contribution in [3.8, 4) is 90.0 Å². The van der Waals surface area contributed by atoms with Crippen molar-refractivity contribution in [3.63, 3.8) is 0 Å². The Morgan fingerprint density at radius 2 is 0.637 bits per heavy atom. The standard InChI is InChI=1S/C54H33N3S.C51H33N3S/c1-3-16-34(17-4-1)37-30-38(35-18-5-2-6-19-35)32-39(31-37)51-43-24-9-12-27-46(43)55-54(56-51)36-20-15-21-40(33-36)57-47-28-13-10-25-44(47)49-50-45-26-11-14-29-48(45)58-53(50)42-23-8-7-22-41(42)52(49)57;1-51(2)40-22-9-5-16-33(40)34-27-26-30(29-41(34)51)47-37-19-6-10-23-42(37)52-50(53-47)31-14-13-15-32(28-31)54-43-24-11-7-20-38(43)45-46-39-21-8-12-25-44(39)55-49(46)36-18-4-3-17-35(36)48(45)54/h1-33H;3-29H,1-2H3. The van der Waals surface area contributed by atoms with Gasteiger partial charge >= 0.3 is 0 Å². The number of nitrogens with zero attached hydrogens (tertiary/aromatic N) is 6. The molecule has 528 valence electrons. The van der Waals surface area contributed by atoms with E-state index in [2.05, 4.69) is 387 Å². The molecule has 113 heavy (non-hydrogen) atoms. The van der Waals surface area contributed by atoms with E-state index in [-0.39, 0.29) is 5.41 Å². The number of fused-ring (bicyclic) bond motifs is 25. The van der Waals surface area contributed by atoms with Crippen LogP contribution in [-0.4, -0.2) is 29.1 Å². The molecule has 8 heteroatoms. The number of hydrogen-bond donors (Lipinski definition) is 0. The van der Waals surface area contributed by atoms with Crippen molar-refractivity contribution in [3.05, 3.63) is 375 Å². The van der Waals surface area contributed by atoms with E-state index in [0.29, 0.717) is 5.82 Å². The summed E-state index contributed by atoms with van der Waals surface area (Å²) < 4.78 is 10.2. The first-order valence-electron chi connectivity index (χ1n) is 38.6. The molecule has 6 heterocycles. The van der Waals surface area contributed by atoms with Crippen molar-refractivity contribution in [1.82, 2.24) is 29.1 Å². The molecule has 1 aliphatic carbocycles. The fourth-order valence-corrected chi connectivity index (χ4v) is 20.9. The van der Waals surface area contributed by atoms with Crippen LogP contribution >= 0.6 is 22.7 Å². The van der Waals surface area contributed by atoms with Crippen LogP contribution in [0.3, 0.4) is 0 Å². The van der Waals surface area contributed by atoms with Crippen LogP contribution in [0, 0.1) is 0 Å². The monoisotopic (exact) mass is 1470 g/mol. The Hall–Kier alpha value is -14.0. The summed E-state index contributed by atoms with van der Waals surface area (Å²) in [7, 11) is 0. The Balaban J connectivity index is 0.000000135. The maximum atomic E-state index is 5.46. The number of para-hydroxylation sites is 4. The first-order valence-corrected chi connectivity index (χ1v) is 40.2. The minimum absolute atomic E-state index is 0.102. The fourth-order valence-electron chi connectivity index (χ4n) is 18.4. The van der Waals surface area contributed by atoms with Crippen LogP contribution in [0.15, 0.2) is 364 Å². The molecule has 0 saturated carbocycles. The molecule has 6 aromatic heterocycles. The lowest BCUT2D eigenvalue weighted by Gasteiger charge is -2.22. The molecule has 0 fully saturated rings. The second-order valence-corrected chi connectivity index (χ2v) is 32.3. The fraction of sp³-hybridized carbons (Fsp3) is 0.0286. The van der Waals surface area contributed by atoms with Crippen LogP contribution in [0.1, 0.15) is 25.0 Å². The van der Waals surface area contributed by atoms with E-state index in [9.17, 15) is 0 Å². The number of hydrogen-bond acceptors (Lipinski definition) is 6. The Kier molecular flexibility index (Phi) is 14.7. The molecule has 0 saturated heterocycles. The number of benzene rings is 17. The van der Waals surface area contributed by atoms with Crippen LogP contribution in [0.2, 0.25) is 0 Å². The molecule has 0 aliphatic heterocycles. The van der Waals surface area contributed by atoms with E-state index in [0.717, 1.165) is 83.8 Å². The lowest BCUT2D eigenvalue weighted by atomic mass is 9.82. The summed E-state index contributed by atoms with van der Waals surface area (Å²) in [6, 6.07) is 131. The SMILES string of the molecule is CC1(C)c2ccccc2-c2ccc(-c3nc(-c4cccc(-n5c6ccccc6c6c7c8ccccc8sc7c7ccccc7c65)c4)nc4ccccc34)cc21.c1ccc(-c2cc(-c3ccccc3)cc(-c3nc(-c4cccc(-n5c6ccccc6c6c7c8ccccc8sc7c7ccccc7c65)c4)nc4ccccc34)c2)cc1. The van der Waals surface area contributed by atoms with Gasteiger partial charge in [-0.1, -0.05) is 293 Å². The maximum absolute atomic E-state index is 5.46. The van der Waals surface area contributed by atoms with Gasteiger partial charge in [-0.25, -0.2) is 19.9 Å². The van der Waals surface area contributed by atoms with E-state index in [1.807, 2.05) is 22.7 Å². The molecule has 23 aromatic rings. The first-order chi connectivity index (χ1) is 55.8. The third kappa shape index (κ3) is 10.2. The summed E-state index contributed by atoms with van der Waals surface area (Å²) in [5.74, 6) is 1.41. The van der Waals surface area contributed by atoms with Gasteiger partial charge in [0.05, 0.1) is 44.5 Å². The van der Waals surface area contributed by atoms with Crippen molar-refractivity contribution in [2.24, 2.45) is 0 Å². The molecule has 0 radical (unpaired) electrons. The zero-order chi connectivity index (χ0) is 74.6. The average molecular weight is 1480 g/mol. The van der Waals surface area contributed by atoms with Crippen LogP contribution in [0.25, 0.3) is 217 Å². The topological polar surface area (TPSA) is 61.4 Å². The van der Waals surface area contributed by atoms with Crippen LogP contribution in [-0.2, 0) is 5.41 Å². The van der Waals surface area contributed by atoms with Gasteiger partial charge in [-0.3, -0.25) is 0 Å². The third-order valence-electron chi connectivity index (χ3n) is 23.5. The highest BCUT2D eigenvalue weighted by Crippen LogP contribution is 2.53. The van der Waals surface area contributed by atoms with E-state index in [4.69, 9.17) is 19.9 Å². The summed E-state index contributed by atoms with van der Waals surface area (Å²) in [5.41, 5.74) is 24.7. The minimum Gasteiger partial charge on any atom is -0.309 e. The van der Waals surface area contributed by atoms with Gasteiger partial charge in [-0.05, 0) is 129 Å². The molecule has 1 aliphatic rings. The van der Waals surface area contributed by atoms with Crippen LogP contribution in [0.4, 0.5) is 0 Å². The number of aromatic nitrogens is 6. The van der Waals surface area contributed by atoms with Gasteiger partial charge in [0, 0.05) is 133 Å². The Morgan fingerprint density at radius 1 is 0.248 bits per heavy atom. The molecule has 24 rings (SSSR count). The predicted molar refractivity (Wildman–Crippen MR) is 479 cm³/mol. The highest BCUT2D eigenvalue weighted by molar-refractivity contribution is 7.27. The van der Waals surface area contributed by atoms with Gasteiger partial charge in [0.2, 0.25) is 0 Å². The summed E-state index contributed by atoms with van der Waals surface area (Å²) >= 11 is 3.79. The Labute approximate surface area is 658 Å². The van der Waals surface area contributed by atoms with Crippen molar-refractivity contribution in [2.75, 3.05) is 0 Å². The van der Waals surface area contributed by atoms with E-state index < -0.39 is 0 Å². The highest BCUT2D eigenvalue weighted by Gasteiger charge is 2.36. The molecule has 0 unspecified atom stereocenters. The first kappa shape index (κ1) is 64.9. The Bertz CT molecular complexity index is 7860. The van der Waals surface area contributed by atoms with Crippen LogP contribution in [0.5, 0.6) is 0 Å². The summed E-state index contributed by atoms with van der Waals surface area (Å²) in [4.78, 5) is 21.3. The highest BCUT2D eigenvalue weighted by atomic mass is 32.1. The van der Waals surface area contributed by atoms with Crippen molar-refractivity contribution < 1.29 is 0 Å². The minimum atomic E-state index is -0.102. The zero-order valence-electron chi connectivity index (χ0n) is 61.6. The molecule has 0 atom stereocenters. The number of thiophene rings is 2. The molecular weight excluding hydrogens is 1410 g/mol. The smallest absolute Gasteiger partial charge is 0.160 e. The summed E-state index contributed by atoms with van der Waals surface area (Å²) in [5, 5.41) is 17.5. The zero-order valence-corrected chi connectivity index (χ0v) is 63.3. The largest absolute Gasteiger partial charge is 0.309 e. The quantitative estimate of drug-likeness (QED) is 0.152. The molecule has 0 spiro atoms. The van der Waals surface area contributed by atoms with Gasteiger partial charge in [0.1, 0.15) is 0 Å². The van der Waals surface area contributed by atoms with E-state index in [1.54, 1.807) is 0 Å². The third-order valence-corrected chi connectivity index (χ3v) is 25.9. The Morgan fingerprint density at radius 3 is 1.15 bits per heavy atom. The lowest BCUT2D eigenvalue weighted by Crippen LogP contribution is -2.15. The molecular formula is C105H66N6S2. The molecule has 6 nitrogen and oxygen atoms in total.